The van der Waals surface area contributed by atoms with Gasteiger partial charge >= 0.3 is 0 Å². The van der Waals surface area contributed by atoms with Crippen LogP contribution in [0.2, 0.25) is 5.15 Å². The van der Waals surface area contributed by atoms with Crippen molar-refractivity contribution < 1.29 is 4.74 Å². The van der Waals surface area contributed by atoms with Crippen LogP contribution >= 0.6 is 11.6 Å². The molecule has 0 bridgehead atoms. The van der Waals surface area contributed by atoms with Crippen LogP contribution < -0.4 is 10.5 Å². The molecule has 0 radical (unpaired) electrons. The number of hydrogen-bond acceptors (Lipinski definition) is 3. The number of imidazole rings is 1. The lowest BCUT2D eigenvalue weighted by Gasteiger charge is -2.11. The number of aryl methyl sites for hydroxylation is 2. The second-order valence-electron chi connectivity index (χ2n) is 4.21. The van der Waals surface area contributed by atoms with E-state index in [1.807, 2.05) is 19.9 Å². The third kappa shape index (κ3) is 2.21. The van der Waals surface area contributed by atoms with Crippen molar-refractivity contribution in [2.75, 3.05) is 7.11 Å². The van der Waals surface area contributed by atoms with E-state index in [2.05, 4.69) is 16.0 Å². The van der Waals surface area contributed by atoms with Gasteiger partial charge in [-0.25, -0.2) is 4.98 Å². The summed E-state index contributed by atoms with van der Waals surface area (Å²) in [5.41, 5.74) is 9.32. The van der Waals surface area contributed by atoms with Gasteiger partial charge in [0.25, 0.3) is 0 Å². The quantitative estimate of drug-likeness (QED) is 0.897. The Hall–Kier alpha value is -1.52. The largest absolute Gasteiger partial charge is 0.496 e. The molecule has 0 saturated carbocycles. The number of benzene rings is 1. The van der Waals surface area contributed by atoms with E-state index >= 15 is 0 Å². The highest BCUT2D eigenvalue weighted by Crippen LogP contribution is 2.36. The Bertz CT molecular complexity index is 578. The summed E-state index contributed by atoms with van der Waals surface area (Å²) in [6.45, 7) is 4.35. The molecule has 1 aromatic carbocycles. The Kier molecular flexibility index (Phi) is 3.59. The van der Waals surface area contributed by atoms with Gasteiger partial charge < -0.3 is 15.5 Å². The van der Waals surface area contributed by atoms with Crippen LogP contribution in [-0.4, -0.2) is 17.1 Å². The molecular weight excluding hydrogens is 250 g/mol. The van der Waals surface area contributed by atoms with Crippen molar-refractivity contribution in [2.24, 2.45) is 5.73 Å². The number of rotatable bonds is 3. The molecule has 5 heteroatoms. The number of aromatic nitrogens is 2. The second kappa shape index (κ2) is 5.00. The predicted octanol–water partition coefficient (Wildman–Crippen LogP) is 2.81. The Morgan fingerprint density at radius 1 is 1.39 bits per heavy atom. The molecule has 2 aromatic rings. The lowest BCUT2D eigenvalue weighted by atomic mass is 10.0. The zero-order valence-corrected chi connectivity index (χ0v) is 11.4. The van der Waals surface area contributed by atoms with Crippen molar-refractivity contribution in [3.05, 3.63) is 34.2 Å². The molecule has 0 aliphatic carbocycles. The minimum absolute atomic E-state index is 0.326. The van der Waals surface area contributed by atoms with Crippen LogP contribution in [-0.2, 0) is 6.54 Å². The van der Waals surface area contributed by atoms with Crippen LogP contribution in [0.4, 0.5) is 0 Å². The third-order valence-electron chi connectivity index (χ3n) is 2.78. The van der Waals surface area contributed by atoms with E-state index in [1.54, 1.807) is 7.11 Å². The summed E-state index contributed by atoms with van der Waals surface area (Å²) in [5.74, 6) is 1.45. The monoisotopic (exact) mass is 265 g/mol. The van der Waals surface area contributed by atoms with Crippen molar-refractivity contribution in [3.63, 3.8) is 0 Å². The van der Waals surface area contributed by atoms with Gasteiger partial charge in [-0.1, -0.05) is 17.7 Å². The first kappa shape index (κ1) is 12.9. The molecule has 18 heavy (non-hydrogen) atoms. The summed E-state index contributed by atoms with van der Waals surface area (Å²) >= 11 is 6.16. The summed E-state index contributed by atoms with van der Waals surface area (Å²) in [4.78, 5) is 7.35. The average Bonchev–Trinajstić information content (AvgIpc) is 2.69. The third-order valence-corrected chi connectivity index (χ3v) is 3.05. The van der Waals surface area contributed by atoms with Gasteiger partial charge in [-0.15, -0.1) is 0 Å². The Balaban J connectivity index is 2.65. The summed E-state index contributed by atoms with van der Waals surface area (Å²) in [6, 6.07) is 4.07. The van der Waals surface area contributed by atoms with Crippen LogP contribution in [0, 0.1) is 13.8 Å². The van der Waals surface area contributed by atoms with Crippen molar-refractivity contribution in [1.29, 1.82) is 0 Å². The summed E-state index contributed by atoms with van der Waals surface area (Å²) in [5, 5.41) is 0.485. The number of nitrogens with two attached hydrogens (primary N) is 1. The fourth-order valence-electron chi connectivity index (χ4n) is 2.07. The minimum atomic E-state index is 0.326. The highest BCUT2D eigenvalue weighted by Gasteiger charge is 2.16. The first-order chi connectivity index (χ1) is 8.56. The lowest BCUT2D eigenvalue weighted by Crippen LogP contribution is -1.98. The van der Waals surface area contributed by atoms with E-state index in [0.29, 0.717) is 23.2 Å². The SMILES string of the molecule is COc1c(C)cc(C)cc1-c1nc(CN)[nH]c1Cl. The number of methoxy groups -OCH3 is 1. The number of nitrogens with zero attached hydrogens (tertiary/aromatic N) is 1. The van der Waals surface area contributed by atoms with Crippen LogP contribution in [0.15, 0.2) is 12.1 Å². The molecule has 0 unspecified atom stereocenters. The normalized spacial score (nSPS) is 10.7. The van der Waals surface area contributed by atoms with Crippen molar-refractivity contribution in [3.8, 4) is 17.0 Å². The maximum Gasteiger partial charge on any atom is 0.134 e. The number of halogens is 1. The molecular formula is C13H16ClN3O. The van der Waals surface area contributed by atoms with Crippen molar-refractivity contribution >= 4 is 11.6 Å². The van der Waals surface area contributed by atoms with E-state index in [-0.39, 0.29) is 0 Å². The smallest absolute Gasteiger partial charge is 0.134 e. The highest BCUT2D eigenvalue weighted by atomic mass is 35.5. The molecule has 0 spiro atoms. The minimum Gasteiger partial charge on any atom is -0.496 e. The second-order valence-corrected chi connectivity index (χ2v) is 4.59. The maximum absolute atomic E-state index is 6.16. The van der Waals surface area contributed by atoms with Crippen molar-refractivity contribution in [2.45, 2.75) is 20.4 Å². The molecule has 0 aliphatic heterocycles. The Labute approximate surface area is 111 Å². The molecule has 0 saturated heterocycles. The molecule has 2 rings (SSSR count). The number of aromatic amines is 1. The van der Waals surface area contributed by atoms with Gasteiger partial charge in [-0.2, -0.15) is 0 Å². The van der Waals surface area contributed by atoms with Crippen LogP contribution in [0.5, 0.6) is 5.75 Å². The average molecular weight is 266 g/mol. The molecule has 3 N–H and O–H groups in total. The number of nitrogens with one attached hydrogen (secondary N) is 1. The summed E-state index contributed by atoms with van der Waals surface area (Å²) < 4.78 is 5.44. The standard InChI is InChI=1S/C13H16ClN3O/c1-7-4-8(2)12(18-3)9(5-7)11-13(14)17-10(6-15)16-11/h4-5H,6,15H2,1-3H3,(H,16,17). The summed E-state index contributed by atoms with van der Waals surface area (Å²) in [6.07, 6.45) is 0. The number of H-pyrrole nitrogens is 1. The molecule has 1 heterocycles. The van der Waals surface area contributed by atoms with E-state index in [0.717, 1.165) is 22.4 Å². The molecule has 0 aliphatic rings. The number of ether oxygens (including phenoxy) is 1. The fourth-order valence-corrected chi connectivity index (χ4v) is 2.33. The van der Waals surface area contributed by atoms with Gasteiger partial charge in [0.2, 0.25) is 0 Å². The van der Waals surface area contributed by atoms with E-state index in [4.69, 9.17) is 22.1 Å². The van der Waals surface area contributed by atoms with Crippen molar-refractivity contribution in [1.82, 2.24) is 9.97 Å². The topological polar surface area (TPSA) is 63.9 Å². The molecule has 4 nitrogen and oxygen atoms in total. The van der Waals surface area contributed by atoms with E-state index in [9.17, 15) is 0 Å². The van der Waals surface area contributed by atoms with Gasteiger partial charge in [0.05, 0.1) is 13.7 Å². The molecule has 96 valence electrons. The van der Waals surface area contributed by atoms with E-state index < -0.39 is 0 Å². The summed E-state index contributed by atoms with van der Waals surface area (Å²) in [7, 11) is 1.64. The van der Waals surface area contributed by atoms with Crippen LogP contribution in [0.25, 0.3) is 11.3 Å². The Morgan fingerprint density at radius 2 is 2.11 bits per heavy atom. The zero-order chi connectivity index (χ0) is 13.3. The maximum atomic E-state index is 6.16. The fraction of sp³-hybridized carbons (Fsp3) is 0.308. The molecule has 1 aromatic heterocycles. The molecule has 0 fully saturated rings. The van der Waals surface area contributed by atoms with E-state index in [1.165, 1.54) is 0 Å². The highest BCUT2D eigenvalue weighted by molar-refractivity contribution is 6.32. The van der Waals surface area contributed by atoms with Gasteiger partial charge in [0.15, 0.2) is 0 Å². The first-order valence-electron chi connectivity index (χ1n) is 5.67. The zero-order valence-electron chi connectivity index (χ0n) is 10.7. The Morgan fingerprint density at radius 3 is 2.67 bits per heavy atom. The van der Waals surface area contributed by atoms with Gasteiger partial charge in [-0.3, -0.25) is 0 Å². The molecule has 0 atom stereocenters. The number of hydrogen-bond donors (Lipinski definition) is 2. The van der Waals surface area contributed by atoms with Crippen LogP contribution in [0.1, 0.15) is 17.0 Å². The van der Waals surface area contributed by atoms with Crippen LogP contribution in [0.3, 0.4) is 0 Å². The van der Waals surface area contributed by atoms with Gasteiger partial charge in [0, 0.05) is 5.56 Å². The van der Waals surface area contributed by atoms with Gasteiger partial charge in [-0.05, 0) is 31.0 Å². The van der Waals surface area contributed by atoms with Gasteiger partial charge in [0.1, 0.15) is 22.4 Å². The lowest BCUT2D eigenvalue weighted by molar-refractivity contribution is 0.413. The molecule has 0 amide bonds. The first-order valence-corrected chi connectivity index (χ1v) is 6.04. The predicted molar refractivity (Wildman–Crippen MR) is 73.0 cm³/mol.